The molecule has 1 N–H and O–H groups in total. The zero-order valence-corrected chi connectivity index (χ0v) is 7.77. The van der Waals surface area contributed by atoms with Crippen LogP contribution >= 0.6 is 0 Å². The van der Waals surface area contributed by atoms with Crippen LogP contribution in [0.1, 0.15) is 25.7 Å². The lowest BCUT2D eigenvalue weighted by molar-refractivity contribution is 0.0163. The average molecular weight is 193 g/mol. The second-order valence-electron chi connectivity index (χ2n) is 3.40. The first-order valence-corrected chi connectivity index (χ1v) is 4.88. The van der Waals surface area contributed by atoms with Gasteiger partial charge in [-0.3, -0.25) is 0 Å². The molecule has 0 aliphatic heterocycles. The Kier molecular flexibility index (Phi) is 5.23. The minimum atomic E-state index is -2.33. The number of nitrogens with one attached hydrogen (secondary N) is 1. The molecule has 13 heavy (non-hydrogen) atoms. The van der Waals surface area contributed by atoms with E-state index in [0.29, 0.717) is 6.61 Å². The largest absolute Gasteiger partial charge is 0.376 e. The van der Waals surface area contributed by atoms with Gasteiger partial charge in [-0.15, -0.1) is 0 Å². The highest BCUT2D eigenvalue weighted by Gasteiger charge is 2.19. The number of ether oxygens (including phenoxy) is 1. The quantitative estimate of drug-likeness (QED) is 0.593. The minimum absolute atomic E-state index is 0.421. The lowest BCUT2D eigenvalue weighted by Gasteiger charge is -2.04. The van der Waals surface area contributed by atoms with Gasteiger partial charge in [-0.2, -0.15) is 0 Å². The van der Waals surface area contributed by atoms with Crippen LogP contribution in [0.5, 0.6) is 0 Å². The molecule has 4 heteroatoms. The molecule has 0 unspecified atom stereocenters. The number of hydrogen-bond acceptors (Lipinski definition) is 2. The summed E-state index contributed by atoms with van der Waals surface area (Å²) in [5, 5.41) is 3.35. The van der Waals surface area contributed by atoms with Gasteiger partial charge < -0.3 is 10.1 Å². The summed E-state index contributed by atoms with van der Waals surface area (Å²) in [6.07, 6.45) is 2.14. The Morgan fingerprint density at radius 2 is 2.08 bits per heavy atom. The molecule has 1 rings (SSSR count). The molecule has 2 nitrogen and oxygen atoms in total. The van der Waals surface area contributed by atoms with Crippen molar-refractivity contribution in [2.75, 3.05) is 19.8 Å². The van der Waals surface area contributed by atoms with Crippen LogP contribution in [0, 0.1) is 0 Å². The maximum atomic E-state index is 11.6. The van der Waals surface area contributed by atoms with E-state index in [1.807, 2.05) is 0 Å². The van der Waals surface area contributed by atoms with E-state index in [1.54, 1.807) is 0 Å². The summed E-state index contributed by atoms with van der Waals surface area (Å²) < 4.78 is 27.9. The van der Waals surface area contributed by atoms with Crippen LogP contribution < -0.4 is 5.32 Å². The molecule has 1 fully saturated rings. The number of rotatable bonds is 8. The summed E-state index contributed by atoms with van der Waals surface area (Å²) >= 11 is 0. The molecule has 0 saturated heterocycles. The lowest BCUT2D eigenvalue weighted by Crippen LogP contribution is -2.17. The van der Waals surface area contributed by atoms with Gasteiger partial charge in [0.2, 0.25) is 0 Å². The van der Waals surface area contributed by atoms with Gasteiger partial charge in [0.15, 0.2) is 0 Å². The Bertz CT molecular complexity index is 123. The fraction of sp³-hybridized carbons (Fsp3) is 1.00. The van der Waals surface area contributed by atoms with Crippen LogP contribution in [0.3, 0.4) is 0 Å². The number of alkyl halides is 2. The van der Waals surface area contributed by atoms with Gasteiger partial charge in [0.05, 0.1) is 0 Å². The zero-order valence-electron chi connectivity index (χ0n) is 7.77. The summed E-state index contributed by atoms with van der Waals surface area (Å²) in [5.74, 6) is 0. The van der Waals surface area contributed by atoms with Crippen LogP contribution in [-0.2, 0) is 4.74 Å². The fourth-order valence-corrected chi connectivity index (χ4v) is 1.10. The van der Waals surface area contributed by atoms with Crippen molar-refractivity contribution < 1.29 is 13.5 Å². The van der Waals surface area contributed by atoms with Crippen LogP contribution in [-0.4, -0.2) is 32.2 Å². The number of unbranched alkanes of at least 4 members (excludes halogenated alkanes) is 1. The second-order valence-corrected chi connectivity index (χ2v) is 3.40. The van der Waals surface area contributed by atoms with Crippen molar-refractivity contribution in [3.8, 4) is 0 Å². The molecular weight excluding hydrogens is 176 g/mol. The first-order chi connectivity index (χ1) is 6.29. The van der Waals surface area contributed by atoms with Gasteiger partial charge >= 0.3 is 0 Å². The van der Waals surface area contributed by atoms with E-state index in [0.717, 1.165) is 25.4 Å². The molecule has 78 valence electrons. The Morgan fingerprint density at radius 1 is 1.31 bits per heavy atom. The highest BCUT2D eigenvalue weighted by molar-refractivity contribution is 4.80. The van der Waals surface area contributed by atoms with E-state index in [2.05, 4.69) is 5.32 Å². The summed E-state index contributed by atoms with van der Waals surface area (Å²) in [6, 6.07) is 0.738. The lowest BCUT2D eigenvalue weighted by atomic mass is 10.3. The third-order valence-corrected chi connectivity index (χ3v) is 1.97. The molecule has 0 amide bonds. The SMILES string of the molecule is FC(F)COCCCCNC1CC1. The van der Waals surface area contributed by atoms with E-state index in [9.17, 15) is 8.78 Å². The zero-order chi connectivity index (χ0) is 9.52. The molecule has 1 aliphatic carbocycles. The summed E-state index contributed by atoms with van der Waals surface area (Å²) in [4.78, 5) is 0. The molecule has 0 aromatic rings. The Balaban J connectivity index is 1.68. The van der Waals surface area contributed by atoms with Crippen LogP contribution in [0.15, 0.2) is 0 Å². The predicted octanol–water partition coefficient (Wildman–Crippen LogP) is 1.80. The molecule has 0 atom stereocenters. The highest BCUT2D eigenvalue weighted by Crippen LogP contribution is 2.18. The van der Waals surface area contributed by atoms with Crippen molar-refractivity contribution in [2.24, 2.45) is 0 Å². The Labute approximate surface area is 77.6 Å². The molecule has 0 spiro atoms. The average Bonchev–Trinajstić information content (AvgIpc) is 2.86. The van der Waals surface area contributed by atoms with E-state index in [-0.39, 0.29) is 0 Å². The van der Waals surface area contributed by atoms with Crippen molar-refractivity contribution in [1.82, 2.24) is 5.32 Å². The monoisotopic (exact) mass is 193 g/mol. The van der Waals surface area contributed by atoms with Gasteiger partial charge in [0.1, 0.15) is 6.61 Å². The van der Waals surface area contributed by atoms with Gasteiger partial charge in [0.25, 0.3) is 6.43 Å². The van der Waals surface area contributed by atoms with E-state index in [1.165, 1.54) is 12.8 Å². The van der Waals surface area contributed by atoms with Crippen LogP contribution in [0.25, 0.3) is 0 Å². The van der Waals surface area contributed by atoms with E-state index >= 15 is 0 Å². The highest BCUT2D eigenvalue weighted by atomic mass is 19.3. The molecule has 1 aliphatic rings. The predicted molar refractivity (Wildman–Crippen MR) is 47.1 cm³/mol. The maximum Gasteiger partial charge on any atom is 0.261 e. The van der Waals surface area contributed by atoms with Crippen molar-refractivity contribution in [3.05, 3.63) is 0 Å². The van der Waals surface area contributed by atoms with E-state index < -0.39 is 13.0 Å². The molecule has 0 bridgehead atoms. The topological polar surface area (TPSA) is 21.3 Å². The minimum Gasteiger partial charge on any atom is -0.376 e. The standard InChI is InChI=1S/C9H17F2NO/c10-9(11)7-13-6-2-1-5-12-8-3-4-8/h8-9,12H,1-7H2. The van der Waals surface area contributed by atoms with Gasteiger partial charge in [-0.05, 0) is 32.2 Å². The fourth-order valence-electron chi connectivity index (χ4n) is 1.10. The molecular formula is C9H17F2NO. The normalized spacial score (nSPS) is 16.8. The van der Waals surface area contributed by atoms with Gasteiger partial charge in [-0.25, -0.2) is 8.78 Å². The molecule has 1 saturated carbocycles. The Morgan fingerprint density at radius 3 is 2.69 bits per heavy atom. The van der Waals surface area contributed by atoms with Crippen molar-refractivity contribution in [1.29, 1.82) is 0 Å². The molecule has 0 aromatic carbocycles. The third-order valence-electron chi connectivity index (χ3n) is 1.97. The van der Waals surface area contributed by atoms with Crippen molar-refractivity contribution in [2.45, 2.75) is 38.2 Å². The summed E-state index contributed by atoms with van der Waals surface area (Å²) in [6.45, 7) is 1.02. The van der Waals surface area contributed by atoms with Gasteiger partial charge in [-0.1, -0.05) is 0 Å². The smallest absolute Gasteiger partial charge is 0.261 e. The Hall–Kier alpha value is -0.220. The maximum absolute atomic E-state index is 11.6. The van der Waals surface area contributed by atoms with Crippen molar-refractivity contribution in [3.63, 3.8) is 0 Å². The second kappa shape index (κ2) is 6.27. The summed E-state index contributed by atoms with van der Waals surface area (Å²) in [5.41, 5.74) is 0. The van der Waals surface area contributed by atoms with Crippen LogP contribution in [0.2, 0.25) is 0 Å². The third kappa shape index (κ3) is 6.90. The molecule has 0 radical (unpaired) electrons. The van der Waals surface area contributed by atoms with E-state index in [4.69, 9.17) is 4.74 Å². The number of halogens is 2. The van der Waals surface area contributed by atoms with Crippen LogP contribution in [0.4, 0.5) is 8.78 Å². The molecule has 0 aromatic heterocycles. The first kappa shape index (κ1) is 10.9. The first-order valence-electron chi connectivity index (χ1n) is 4.88. The van der Waals surface area contributed by atoms with Crippen molar-refractivity contribution >= 4 is 0 Å². The number of hydrogen-bond donors (Lipinski definition) is 1. The summed E-state index contributed by atoms with van der Waals surface area (Å²) in [7, 11) is 0. The van der Waals surface area contributed by atoms with Gasteiger partial charge in [0, 0.05) is 12.6 Å². The molecule has 0 heterocycles.